The van der Waals surface area contributed by atoms with Crippen molar-refractivity contribution in [3.8, 4) is 0 Å². The Morgan fingerprint density at radius 3 is 2.46 bits per heavy atom. The summed E-state index contributed by atoms with van der Waals surface area (Å²) in [6.07, 6.45) is 9.25. The first-order valence-electron chi connectivity index (χ1n) is 5.68. The second-order valence-electron chi connectivity index (χ2n) is 4.28. The average Bonchev–Trinajstić information content (AvgIpc) is 2.69. The number of rotatable bonds is 3. The fraction of sp³-hybridized carbons (Fsp3) is 1.00. The minimum absolute atomic E-state index is 0.120. The Kier molecular flexibility index (Phi) is 3.62. The maximum absolute atomic E-state index is 5.74. The van der Waals surface area contributed by atoms with Crippen LogP contribution in [0, 0.1) is 5.92 Å². The van der Waals surface area contributed by atoms with Gasteiger partial charge < -0.3 is 9.47 Å². The summed E-state index contributed by atoms with van der Waals surface area (Å²) in [4.78, 5) is 0. The topological polar surface area (TPSA) is 18.5 Å². The lowest BCUT2D eigenvalue weighted by atomic mass is 10.1. The Bertz CT molecular complexity index is 135. The van der Waals surface area contributed by atoms with Crippen molar-refractivity contribution >= 4 is 0 Å². The van der Waals surface area contributed by atoms with Gasteiger partial charge in [-0.05, 0) is 38.0 Å². The van der Waals surface area contributed by atoms with Gasteiger partial charge in [0.15, 0.2) is 6.29 Å². The van der Waals surface area contributed by atoms with Gasteiger partial charge in [-0.15, -0.1) is 0 Å². The van der Waals surface area contributed by atoms with Crippen LogP contribution in [0.15, 0.2) is 0 Å². The minimum atomic E-state index is 0.120. The normalized spacial score (nSPS) is 30.9. The largest absolute Gasteiger partial charge is 0.353 e. The molecule has 2 aliphatic rings. The van der Waals surface area contributed by atoms with E-state index in [1.807, 2.05) is 0 Å². The lowest BCUT2D eigenvalue weighted by Gasteiger charge is -2.24. The van der Waals surface area contributed by atoms with Gasteiger partial charge in [-0.2, -0.15) is 0 Å². The van der Waals surface area contributed by atoms with Crippen LogP contribution in [0.2, 0.25) is 0 Å². The predicted octanol–water partition coefficient (Wildman–Crippen LogP) is 2.72. The average molecular weight is 184 g/mol. The third kappa shape index (κ3) is 2.96. The first-order valence-corrected chi connectivity index (χ1v) is 5.68. The van der Waals surface area contributed by atoms with E-state index < -0.39 is 0 Å². The summed E-state index contributed by atoms with van der Waals surface area (Å²) in [5.74, 6) is 0.825. The number of hydrogen-bond donors (Lipinski definition) is 0. The molecule has 13 heavy (non-hydrogen) atoms. The molecule has 1 heterocycles. The minimum Gasteiger partial charge on any atom is -0.353 e. The highest BCUT2D eigenvalue weighted by molar-refractivity contribution is 4.67. The summed E-state index contributed by atoms with van der Waals surface area (Å²) in [6, 6.07) is 0. The van der Waals surface area contributed by atoms with Crippen molar-refractivity contribution in [3.05, 3.63) is 0 Å². The van der Waals surface area contributed by atoms with Gasteiger partial charge in [-0.1, -0.05) is 12.8 Å². The molecule has 0 aromatic heterocycles. The van der Waals surface area contributed by atoms with Crippen molar-refractivity contribution in [1.29, 1.82) is 0 Å². The quantitative estimate of drug-likeness (QED) is 0.671. The summed E-state index contributed by atoms with van der Waals surface area (Å²) >= 11 is 0. The molecule has 1 saturated heterocycles. The SMILES string of the molecule is C1CCC(OCC2CCCC2)OC1. The van der Waals surface area contributed by atoms with Crippen molar-refractivity contribution in [1.82, 2.24) is 0 Å². The zero-order valence-electron chi connectivity index (χ0n) is 8.34. The molecule has 2 nitrogen and oxygen atoms in total. The molecule has 76 valence electrons. The van der Waals surface area contributed by atoms with Crippen LogP contribution in [-0.2, 0) is 9.47 Å². The van der Waals surface area contributed by atoms with Gasteiger partial charge in [0.05, 0.1) is 6.61 Å². The van der Waals surface area contributed by atoms with E-state index in [1.165, 1.54) is 38.5 Å². The first kappa shape index (κ1) is 9.47. The molecule has 1 aliphatic carbocycles. The van der Waals surface area contributed by atoms with E-state index in [-0.39, 0.29) is 6.29 Å². The van der Waals surface area contributed by atoms with Crippen LogP contribution in [0.25, 0.3) is 0 Å². The molecule has 2 rings (SSSR count). The van der Waals surface area contributed by atoms with Crippen LogP contribution in [0.3, 0.4) is 0 Å². The Labute approximate surface area is 80.6 Å². The van der Waals surface area contributed by atoms with Crippen LogP contribution >= 0.6 is 0 Å². The Morgan fingerprint density at radius 1 is 1.00 bits per heavy atom. The molecule has 0 aromatic carbocycles. The molecule has 0 aromatic rings. The third-order valence-corrected chi connectivity index (χ3v) is 3.13. The van der Waals surface area contributed by atoms with Crippen LogP contribution < -0.4 is 0 Å². The summed E-state index contributed by atoms with van der Waals surface area (Å²) in [5.41, 5.74) is 0. The zero-order chi connectivity index (χ0) is 8.93. The third-order valence-electron chi connectivity index (χ3n) is 3.13. The van der Waals surface area contributed by atoms with Gasteiger partial charge in [-0.25, -0.2) is 0 Å². The maximum atomic E-state index is 5.74. The molecule has 0 bridgehead atoms. The van der Waals surface area contributed by atoms with Crippen LogP contribution in [0.5, 0.6) is 0 Å². The molecule has 0 N–H and O–H groups in total. The van der Waals surface area contributed by atoms with Gasteiger partial charge >= 0.3 is 0 Å². The van der Waals surface area contributed by atoms with E-state index in [0.29, 0.717) is 0 Å². The Morgan fingerprint density at radius 2 is 1.77 bits per heavy atom. The van der Waals surface area contributed by atoms with Crippen LogP contribution in [0.1, 0.15) is 44.9 Å². The van der Waals surface area contributed by atoms with Crippen molar-refractivity contribution in [3.63, 3.8) is 0 Å². The molecule has 1 atom stereocenters. The molecular formula is C11H20O2. The summed E-state index contributed by atoms with van der Waals surface area (Å²) in [7, 11) is 0. The molecule has 0 amide bonds. The Balaban J connectivity index is 1.60. The van der Waals surface area contributed by atoms with Crippen molar-refractivity contribution in [2.24, 2.45) is 5.92 Å². The smallest absolute Gasteiger partial charge is 0.157 e. The van der Waals surface area contributed by atoms with Crippen LogP contribution in [-0.4, -0.2) is 19.5 Å². The predicted molar refractivity (Wildman–Crippen MR) is 51.5 cm³/mol. The molecule has 0 radical (unpaired) electrons. The standard InChI is InChI=1S/C11H20O2/c1-2-6-10(5-1)9-13-11-7-3-4-8-12-11/h10-11H,1-9H2. The Hall–Kier alpha value is -0.0800. The molecule has 1 unspecified atom stereocenters. The number of ether oxygens (including phenoxy) is 2. The van der Waals surface area contributed by atoms with Gasteiger partial charge in [0.2, 0.25) is 0 Å². The van der Waals surface area contributed by atoms with Crippen molar-refractivity contribution in [2.45, 2.75) is 51.2 Å². The van der Waals surface area contributed by atoms with E-state index in [9.17, 15) is 0 Å². The first-order chi connectivity index (χ1) is 6.45. The molecule has 2 fully saturated rings. The van der Waals surface area contributed by atoms with E-state index in [2.05, 4.69) is 0 Å². The van der Waals surface area contributed by atoms with Crippen molar-refractivity contribution in [2.75, 3.05) is 13.2 Å². The van der Waals surface area contributed by atoms with Gasteiger partial charge in [0.25, 0.3) is 0 Å². The molecule has 0 spiro atoms. The van der Waals surface area contributed by atoms with E-state index in [0.717, 1.165) is 25.6 Å². The molecule has 1 aliphatic heterocycles. The number of hydrogen-bond acceptors (Lipinski definition) is 2. The monoisotopic (exact) mass is 184 g/mol. The molecule has 1 saturated carbocycles. The van der Waals surface area contributed by atoms with Crippen LogP contribution in [0.4, 0.5) is 0 Å². The van der Waals surface area contributed by atoms with Gasteiger partial charge in [0.1, 0.15) is 0 Å². The lowest BCUT2D eigenvalue weighted by molar-refractivity contribution is -0.168. The fourth-order valence-corrected chi connectivity index (χ4v) is 2.26. The van der Waals surface area contributed by atoms with E-state index >= 15 is 0 Å². The van der Waals surface area contributed by atoms with Crippen molar-refractivity contribution < 1.29 is 9.47 Å². The summed E-state index contributed by atoms with van der Waals surface area (Å²) < 4.78 is 11.3. The highest BCUT2D eigenvalue weighted by Crippen LogP contribution is 2.26. The highest BCUT2D eigenvalue weighted by Gasteiger charge is 2.19. The fourth-order valence-electron chi connectivity index (χ4n) is 2.26. The highest BCUT2D eigenvalue weighted by atomic mass is 16.7. The lowest BCUT2D eigenvalue weighted by Crippen LogP contribution is -2.24. The van der Waals surface area contributed by atoms with E-state index in [1.54, 1.807) is 0 Å². The molecular weight excluding hydrogens is 164 g/mol. The summed E-state index contributed by atoms with van der Waals surface area (Å²) in [6.45, 7) is 1.83. The second kappa shape index (κ2) is 4.97. The maximum Gasteiger partial charge on any atom is 0.157 e. The summed E-state index contributed by atoms with van der Waals surface area (Å²) in [5, 5.41) is 0. The second-order valence-corrected chi connectivity index (χ2v) is 4.28. The van der Waals surface area contributed by atoms with Gasteiger partial charge in [-0.3, -0.25) is 0 Å². The van der Waals surface area contributed by atoms with E-state index in [4.69, 9.17) is 9.47 Å². The van der Waals surface area contributed by atoms with Gasteiger partial charge in [0, 0.05) is 6.61 Å². The molecule has 2 heteroatoms. The zero-order valence-corrected chi connectivity index (χ0v) is 8.34.